The summed E-state index contributed by atoms with van der Waals surface area (Å²) < 4.78 is 5.96. The van der Waals surface area contributed by atoms with Crippen molar-refractivity contribution in [2.24, 2.45) is 0 Å². The fourth-order valence-corrected chi connectivity index (χ4v) is 4.47. The number of aryl methyl sites for hydroxylation is 2. The number of nitrogens with zero attached hydrogens (tertiary/aromatic N) is 2. The van der Waals surface area contributed by atoms with Crippen LogP contribution in [0.25, 0.3) is 17.4 Å². The van der Waals surface area contributed by atoms with E-state index in [2.05, 4.69) is 0 Å². The van der Waals surface area contributed by atoms with Crippen molar-refractivity contribution >= 4 is 58.2 Å². The van der Waals surface area contributed by atoms with Crippen LogP contribution in [0.2, 0.25) is 5.02 Å². The summed E-state index contributed by atoms with van der Waals surface area (Å²) in [5.74, 6) is -0.0567. The van der Waals surface area contributed by atoms with E-state index in [0.29, 0.717) is 27.9 Å². The topological polar surface area (TPSA) is 53.8 Å². The maximum absolute atomic E-state index is 13.7. The molecular formula is C29H21ClN2O3S. The van der Waals surface area contributed by atoms with Gasteiger partial charge in [0.05, 0.1) is 11.4 Å². The van der Waals surface area contributed by atoms with Gasteiger partial charge in [-0.25, -0.2) is 0 Å². The molecule has 2 heterocycles. The summed E-state index contributed by atoms with van der Waals surface area (Å²) in [4.78, 5) is 30.1. The molecule has 0 N–H and O–H groups in total. The number of thiocarbonyl (C=S) groups is 1. The largest absolute Gasteiger partial charge is 0.457 e. The van der Waals surface area contributed by atoms with Gasteiger partial charge in [-0.05, 0) is 104 Å². The number of hydrogen-bond acceptors (Lipinski definition) is 4. The summed E-state index contributed by atoms with van der Waals surface area (Å²) in [5, 5.41) is 0.715. The summed E-state index contributed by atoms with van der Waals surface area (Å²) in [6.07, 6.45) is 1.47. The highest BCUT2D eigenvalue weighted by Crippen LogP contribution is 2.32. The molecule has 0 unspecified atom stereocenters. The molecule has 1 aliphatic heterocycles. The van der Waals surface area contributed by atoms with Crippen molar-refractivity contribution in [2.75, 3.05) is 9.80 Å². The first-order valence-corrected chi connectivity index (χ1v) is 12.0. The molecule has 5 nitrogen and oxygen atoms in total. The zero-order chi connectivity index (χ0) is 25.4. The van der Waals surface area contributed by atoms with Gasteiger partial charge in [-0.3, -0.25) is 19.4 Å². The van der Waals surface area contributed by atoms with Crippen molar-refractivity contribution in [1.29, 1.82) is 0 Å². The highest BCUT2D eigenvalue weighted by Gasteiger charge is 2.41. The van der Waals surface area contributed by atoms with Gasteiger partial charge in [0.1, 0.15) is 17.1 Å². The van der Waals surface area contributed by atoms with Gasteiger partial charge < -0.3 is 4.42 Å². The number of halogens is 1. The molecule has 178 valence electrons. The van der Waals surface area contributed by atoms with E-state index >= 15 is 0 Å². The van der Waals surface area contributed by atoms with E-state index in [1.807, 2.05) is 62.4 Å². The Morgan fingerprint density at radius 1 is 0.778 bits per heavy atom. The van der Waals surface area contributed by atoms with Gasteiger partial charge in [-0.15, -0.1) is 0 Å². The zero-order valence-corrected chi connectivity index (χ0v) is 21.1. The van der Waals surface area contributed by atoms with Crippen LogP contribution in [-0.4, -0.2) is 16.9 Å². The second kappa shape index (κ2) is 9.57. The number of furan rings is 1. The quantitative estimate of drug-likeness (QED) is 0.168. The van der Waals surface area contributed by atoms with Gasteiger partial charge in [0, 0.05) is 10.6 Å². The SMILES string of the molecule is Cc1ccc(N2C(=O)C(=Cc3ccc(-c4ccc(Cl)cc4)o3)C(=O)N(c3ccccc3)C2=S)cc1C. The minimum Gasteiger partial charge on any atom is -0.457 e. The Kier molecular flexibility index (Phi) is 6.31. The van der Waals surface area contributed by atoms with E-state index in [4.69, 9.17) is 28.2 Å². The molecule has 0 bridgehead atoms. The van der Waals surface area contributed by atoms with Crippen molar-refractivity contribution < 1.29 is 14.0 Å². The standard InChI is InChI=1S/C29H21ClN2O3S/c1-18-8-13-23(16-19(18)2)32-28(34)25(27(33)31(29(32)36)22-6-4-3-5-7-22)17-24-14-15-26(35-24)20-9-11-21(30)12-10-20/h3-17H,1-2H3. The molecular weight excluding hydrogens is 492 g/mol. The summed E-state index contributed by atoms with van der Waals surface area (Å²) in [5.41, 5.74) is 4.04. The van der Waals surface area contributed by atoms with E-state index in [0.717, 1.165) is 16.7 Å². The molecule has 36 heavy (non-hydrogen) atoms. The molecule has 5 rings (SSSR count). The van der Waals surface area contributed by atoms with Gasteiger partial charge in [0.25, 0.3) is 11.8 Å². The summed E-state index contributed by atoms with van der Waals surface area (Å²) in [6, 6.07) is 25.4. The van der Waals surface area contributed by atoms with Crippen molar-refractivity contribution in [3.63, 3.8) is 0 Å². The number of amides is 2. The van der Waals surface area contributed by atoms with Gasteiger partial charge in [0.2, 0.25) is 0 Å². The van der Waals surface area contributed by atoms with E-state index < -0.39 is 11.8 Å². The molecule has 1 aliphatic rings. The molecule has 0 spiro atoms. The summed E-state index contributed by atoms with van der Waals surface area (Å²) in [7, 11) is 0. The van der Waals surface area contributed by atoms with Crippen molar-refractivity contribution in [3.8, 4) is 11.3 Å². The van der Waals surface area contributed by atoms with Crippen LogP contribution in [-0.2, 0) is 9.59 Å². The van der Waals surface area contributed by atoms with Crippen LogP contribution in [0, 0.1) is 13.8 Å². The lowest BCUT2D eigenvalue weighted by molar-refractivity contribution is -0.120. The predicted octanol–water partition coefficient (Wildman–Crippen LogP) is 6.97. The molecule has 0 saturated carbocycles. The number of anilines is 2. The summed E-state index contributed by atoms with van der Waals surface area (Å²) >= 11 is 11.7. The Balaban J connectivity index is 1.60. The Morgan fingerprint density at radius 2 is 1.44 bits per heavy atom. The molecule has 0 aliphatic carbocycles. The number of para-hydroxylation sites is 1. The van der Waals surface area contributed by atoms with Crippen LogP contribution in [0.15, 0.2) is 94.9 Å². The molecule has 7 heteroatoms. The van der Waals surface area contributed by atoms with Crippen LogP contribution >= 0.6 is 23.8 Å². The maximum Gasteiger partial charge on any atom is 0.270 e. The lowest BCUT2D eigenvalue weighted by Gasteiger charge is -2.36. The van der Waals surface area contributed by atoms with E-state index in [9.17, 15) is 9.59 Å². The Morgan fingerprint density at radius 3 is 2.11 bits per heavy atom. The number of rotatable bonds is 4. The van der Waals surface area contributed by atoms with Gasteiger partial charge in [0.15, 0.2) is 5.11 Å². The molecule has 2 amide bonds. The number of hydrogen-bond donors (Lipinski definition) is 0. The Labute approximate surface area is 219 Å². The van der Waals surface area contributed by atoms with Gasteiger partial charge in [-0.1, -0.05) is 35.9 Å². The number of carbonyl (C=O) groups is 2. The Hall–Kier alpha value is -4.00. The lowest BCUT2D eigenvalue weighted by Crippen LogP contribution is -2.57. The first kappa shape index (κ1) is 23.7. The predicted molar refractivity (Wildman–Crippen MR) is 147 cm³/mol. The normalized spacial score (nSPS) is 15.2. The zero-order valence-electron chi connectivity index (χ0n) is 19.6. The van der Waals surface area contributed by atoms with Crippen LogP contribution in [0.5, 0.6) is 0 Å². The minimum atomic E-state index is -0.513. The van der Waals surface area contributed by atoms with E-state index in [1.165, 1.54) is 15.9 Å². The first-order valence-electron chi connectivity index (χ1n) is 11.3. The number of carbonyl (C=O) groups excluding carboxylic acids is 2. The number of benzene rings is 3. The van der Waals surface area contributed by atoms with Crippen molar-refractivity contribution in [1.82, 2.24) is 0 Å². The average Bonchev–Trinajstić information content (AvgIpc) is 3.34. The Bertz CT molecular complexity index is 1520. The third-order valence-corrected chi connectivity index (χ3v) is 6.67. The lowest BCUT2D eigenvalue weighted by atomic mass is 10.1. The molecule has 0 atom stereocenters. The highest BCUT2D eigenvalue weighted by atomic mass is 35.5. The summed E-state index contributed by atoms with van der Waals surface area (Å²) in [6.45, 7) is 3.96. The smallest absolute Gasteiger partial charge is 0.270 e. The highest BCUT2D eigenvalue weighted by molar-refractivity contribution is 7.81. The fraction of sp³-hybridized carbons (Fsp3) is 0.0690. The second-order valence-corrected chi connectivity index (χ2v) is 9.24. The van der Waals surface area contributed by atoms with Crippen LogP contribution in [0.3, 0.4) is 0 Å². The second-order valence-electron chi connectivity index (χ2n) is 8.43. The third-order valence-electron chi connectivity index (χ3n) is 6.05. The van der Waals surface area contributed by atoms with Crippen LogP contribution in [0.4, 0.5) is 11.4 Å². The molecule has 0 radical (unpaired) electrons. The fourth-order valence-electron chi connectivity index (χ4n) is 3.97. The molecule has 1 aromatic heterocycles. The van der Waals surface area contributed by atoms with E-state index in [1.54, 1.807) is 36.4 Å². The average molecular weight is 513 g/mol. The minimum absolute atomic E-state index is 0.0531. The molecule has 3 aromatic carbocycles. The van der Waals surface area contributed by atoms with Crippen molar-refractivity contribution in [3.05, 3.63) is 112 Å². The van der Waals surface area contributed by atoms with Crippen LogP contribution in [0.1, 0.15) is 16.9 Å². The molecule has 1 saturated heterocycles. The van der Waals surface area contributed by atoms with Gasteiger partial charge in [-0.2, -0.15) is 0 Å². The monoisotopic (exact) mass is 512 g/mol. The van der Waals surface area contributed by atoms with Crippen molar-refractivity contribution in [2.45, 2.75) is 13.8 Å². The van der Waals surface area contributed by atoms with E-state index in [-0.39, 0.29) is 10.7 Å². The third kappa shape index (κ3) is 4.37. The molecule has 4 aromatic rings. The first-order chi connectivity index (χ1) is 17.3. The maximum atomic E-state index is 13.7. The van der Waals surface area contributed by atoms with Crippen LogP contribution < -0.4 is 9.80 Å². The van der Waals surface area contributed by atoms with Gasteiger partial charge >= 0.3 is 0 Å². The molecule has 1 fully saturated rings.